The SMILES string of the molecule is O=C(NCCN1CCOCC1)C1CCc2nc(-c3ccccc3)[nH]c(=O)c2CC1. The molecule has 2 N–H and O–H groups in total. The van der Waals surface area contributed by atoms with Gasteiger partial charge in [0.2, 0.25) is 5.91 Å². The summed E-state index contributed by atoms with van der Waals surface area (Å²) in [5.41, 5.74) is 2.38. The molecule has 0 spiro atoms. The number of H-pyrrole nitrogens is 1. The lowest BCUT2D eigenvalue weighted by Crippen LogP contribution is -2.42. The smallest absolute Gasteiger partial charge is 0.254 e. The number of aromatic amines is 1. The standard InChI is InChI=1S/C22H28N4O3/c27-21(23-10-11-26-12-14-29-15-13-26)17-6-8-18-19(9-7-17)24-20(25-22(18)28)16-4-2-1-3-5-16/h1-5,17H,6-15H2,(H,23,27)(H,24,25,28). The molecule has 1 aromatic heterocycles. The molecular formula is C22H28N4O3. The van der Waals surface area contributed by atoms with Gasteiger partial charge in [0, 0.05) is 43.2 Å². The molecule has 1 fully saturated rings. The molecule has 1 amide bonds. The van der Waals surface area contributed by atoms with Gasteiger partial charge in [-0.25, -0.2) is 4.98 Å². The molecule has 0 radical (unpaired) electrons. The third kappa shape index (κ3) is 4.92. The lowest BCUT2D eigenvalue weighted by atomic mass is 9.99. The second kappa shape index (κ2) is 9.33. The number of carbonyl (C=O) groups excluding carboxylic acids is 1. The molecule has 1 aliphatic heterocycles. The molecule has 1 aromatic carbocycles. The minimum absolute atomic E-state index is 0.0755. The maximum atomic E-state index is 12.7. The van der Waals surface area contributed by atoms with Gasteiger partial charge in [0.15, 0.2) is 0 Å². The van der Waals surface area contributed by atoms with Crippen LogP contribution in [-0.4, -0.2) is 60.2 Å². The molecule has 154 valence electrons. The number of nitrogens with zero attached hydrogens (tertiary/aromatic N) is 2. The lowest BCUT2D eigenvalue weighted by Gasteiger charge is -2.26. The molecule has 4 rings (SSSR count). The Bertz CT molecular complexity index is 891. The van der Waals surface area contributed by atoms with Gasteiger partial charge in [-0.3, -0.25) is 14.5 Å². The Hall–Kier alpha value is -2.51. The van der Waals surface area contributed by atoms with Crippen molar-refractivity contribution in [2.24, 2.45) is 5.92 Å². The first-order chi connectivity index (χ1) is 14.2. The average molecular weight is 396 g/mol. The van der Waals surface area contributed by atoms with E-state index in [0.29, 0.717) is 31.6 Å². The van der Waals surface area contributed by atoms with Crippen molar-refractivity contribution in [3.63, 3.8) is 0 Å². The first-order valence-electron chi connectivity index (χ1n) is 10.5. The number of amides is 1. The number of hydrogen-bond acceptors (Lipinski definition) is 5. The summed E-state index contributed by atoms with van der Waals surface area (Å²) in [5.74, 6) is 0.613. The molecule has 1 aliphatic carbocycles. The van der Waals surface area contributed by atoms with Crippen molar-refractivity contribution in [2.75, 3.05) is 39.4 Å². The summed E-state index contributed by atoms with van der Waals surface area (Å²) in [6.07, 6.45) is 2.65. The first-order valence-corrected chi connectivity index (χ1v) is 10.5. The van der Waals surface area contributed by atoms with Crippen LogP contribution in [0.5, 0.6) is 0 Å². The van der Waals surface area contributed by atoms with Crippen molar-refractivity contribution in [1.29, 1.82) is 0 Å². The van der Waals surface area contributed by atoms with Crippen LogP contribution >= 0.6 is 0 Å². The lowest BCUT2D eigenvalue weighted by molar-refractivity contribution is -0.125. The highest BCUT2D eigenvalue weighted by Crippen LogP contribution is 2.23. The van der Waals surface area contributed by atoms with Gasteiger partial charge < -0.3 is 15.0 Å². The van der Waals surface area contributed by atoms with Gasteiger partial charge >= 0.3 is 0 Å². The molecule has 7 heteroatoms. The van der Waals surface area contributed by atoms with Gasteiger partial charge in [0.1, 0.15) is 5.82 Å². The Morgan fingerprint density at radius 3 is 2.72 bits per heavy atom. The molecule has 1 atom stereocenters. The van der Waals surface area contributed by atoms with E-state index < -0.39 is 0 Å². The van der Waals surface area contributed by atoms with E-state index in [2.05, 4.69) is 15.2 Å². The number of hydrogen-bond donors (Lipinski definition) is 2. The number of aryl methyl sites for hydroxylation is 1. The number of ether oxygens (including phenoxy) is 1. The third-order valence-electron chi connectivity index (χ3n) is 5.82. The Balaban J connectivity index is 1.37. The number of fused-ring (bicyclic) bond motifs is 1. The highest BCUT2D eigenvalue weighted by molar-refractivity contribution is 5.78. The van der Waals surface area contributed by atoms with E-state index in [0.717, 1.165) is 56.1 Å². The zero-order chi connectivity index (χ0) is 20.1. The highest BCUT2D eigenvalue weighted by Gasteiger charge is 2.25. The summed E-state index contributed by atoms with van der Waals surface area (Å²) in [5, 5.41) is 3.08. The first kappa shape index (κ1) is 19.8. The molecule has 7 nitrogen and oxygen atoms in total. The number of carbonyl (C=O) groups is 1. The van der Waals surface area contributed by atoms with Crippen LogP contribution in [0.25, 0.3) is 11.4 Å². The van der Waals surface area contributed by atoms with E-state index in [9.17, 15) is 9.59 Å². The van der Waals surface area contributed by atoms with Crippen LogP contribution in [0.15, 0.2) is 35.1 Å². The summed E-state index contributed by atoms with van der Waals surface area (Å²) in [6.45, 7) is 4.88. The monoisotopic (exact) mass is 396 g/mol. The molecule has 0 saturated carbocycles. The van der Waals surface area contributed by atoms with Gasteiger partial charge in [-0.1, -0.05) is 30.3 Å². The van der Waals surface area contributed by atoms with Crippen molar-refractivity contribution in [3.05, 3.63) is 51.9 Å². The predicted octanol–water partition coefficient (Wildman–Crippen LogP) is 1.38. The zero-order valence-electron chi connectivity index (χ0n) is 16.7. The van der Waals surface area contributed by atoms with Crippen LogP contribution in [0, 0.1) is 5.92 Å². The van der Waals surface area contributed by atoms with Crippen molar-refractivity contribution in [1.82, 2.24) is 20.2 Å². The normalized spacial score (nSPS) is 19.9. The second-order valence-electron chi connectivity index (χ2n) is 7.73. The molecule has 2 aliphatic rings. The summed E-state index contributed by atoms with van der Waals surface area (Å²) in [4.78, 5) is 35.2. The molecule has 0 bridgehead atoms. The van der Waals surface area contributed by atoms with Crippen LogP contribution in [0.4, 0.5) is 0 Å². The van der Waals surface area contributed by atoms with E-state index in [4.69, 9.17) is 9.72 Å². The fourth-order valence-corrected chi connectivity index (χ4v) is 4.08. The maximum Gasteiger partial charge on any atom is 0.254 e. The Kier molecular flexibility index (Phi) is 6.36. The van der Waals surface area contributed by atoms with Crippen molar-refractivity contribution in [3.8, 4) is 11.4 Å². The minimum atomic E-state index is -0.0813. The molecular weight excluding hydrogens is 368 g/mol. The van der Waals surface area contributed by atoms with Crippen LogP contribution in [0.3, 0.4) is 0 Å². The minimum Gasteiger partial charge on any atom is -0.379 e. The van der Waals surface area contributed by atoms with Gasteiger partial charge in [0.25, 0.3) is 5.56 Å². The maximum absolute atomic E-state index is 12.7. The summed E-state index contributed by atoms with van der Waals surface area (Å²) < 4.78 is 5.35. The number of rotatable bonds is 5. The average Bonchev–Trinajstić information content (AvgIpc) is 2.98. The molecule has 1 saturated heterocycles. The zero-order valence-corrected chi connectivity index (χ0v) is 16.7. The van der Waals surface area contributed by atoms with E-state index in [1.807, 2.05) is 30.3 Å². The summed E-state index contributed by atoms with van der Waals surface area (Å²) in [7, 11) is 0. The van der Waals surface area contributed by atoms with E-state index in [1.54, 1.807) is 0 Å². The number of morpholine rings is 1. The second-order valence-corrected chi connectivity index (χ2v) is 7.73. The molecule has 1 unspecified atom stereocenters. The van der Waals surface area contributed by atoms with Crippen molar-refractivity contribution in [2.45, 2.75) is 25.7 Å². The van der Waals surface area contributed by atoms with Crippen LogP contribution < -0.4 is 10.9 Å². The van der Waals surface area contributed by atoms with E-state index >= 15 is 0 Å². The summed E-state index contributed by atoms with van der Waals surface area (Å²) in [6, 6.07) is 9.67. The number of benzene rings is 1. The Labute approximate surface area is 170 Å². The van der Waals surface area contributed by atoms with Gasteiger partial charge in [0.05, 0.1) is 18.9 Å². The summed E-state index contributed by atoms with van der Waals surface area (Å²) >= 11 is 0. The van der Waals surface area contributed by atoms with Crippen molar-refractivity contribution < 1.29 is 9.53 Å². The largest absolute Gasteiger partial charge is 0.379 e. The van der Waals surface area contributed by atoms with Gasteiger partial charge in [-0.05, 0) is 25.7 Å². The highest BCUT2D eigenvalue weighted by atomic mass is 16.5. The van der Waals surface area contributed by atoms with Crippen LogP contribution in [-0.2, 0) is 22.4 Å². The van der Waals surface area contributed by atoms with E-state index in [-0.39, 0.29) is 17.4 Å². The molecule has 29 heavy (non-hydrogen) atoms. The number of aromatic nitrogens is 2. The fraction of sp³-hybridized carbons (Fsp3) is 0.500. The predicted molar refractivity (Wildman–Crippen MR) is 111 cm³/mol. The Morgan fingerprint density at radius 2 is 1.93 bits per heavy atom. The fourth-order valence-electron chi connectivity index (χ4n) is 4.08. The van der Waals surface area contributed by atoms with Crippen LogP contribution in [0.2, 0.25) is 0 Å². The van der Waals surface area contributed by atoms with E-state index in [1.165, 1.54) is 0 Å². The molecule has 2 aromatic rings. The molecule has 2 heterocycles. The van der Waals surface area contributed by atoms with Crippen LogP contribution in [0.1, 0.15) is 24.1 Å². The van der Waals surface area contributed by atoms with Gasteiger partial charge in [-0.15, -0.1) is 0 Å². The third-order valence-corrected chi connectivity index (χ3v) is 5.82. The topological polar surface area (TPSA) is 87.3 Å². The van der Waals surface area contributed by atoms with Gasteiger partial charge in [-0.2, -0.15) is 0 Å². The Morgan fingerprint density at radius 1 is 1.17 bits per heavy atom. The number of nitrogens with one attached hydrogen (secondary N) is 2. The van der Waals surface area contributed by atoms with Crippen molar-refractivity contribution >= 4 is 5.91 Å². The quantitative estimate of drug-likeness (QED) is 0.746.